The van der Waals surface area contributed by atoms with Gasteiger partial charge in [-0.3, -0.25) is 4.79 Å². The molecule has 0 saturated heterocycles. The van der Waals surface area contributed by atoms with Crippen molar-refractivity contribution in [3.05, 3.63) is 58.1 Å². The van der Waals surface area contributed by atoms with E-state index < -0.39 is 15.6 Å². The summed E-state index contributed by atoms with van der Waals surface area (Å²) in [6.45, 7) is 5.35. The van der Waals surface area contributed by atoms with E-state index in [1.54, 1.807) is 51.1 Å². The average molecular weight is 429 g/mol. The van der Waals surface area contributed by atoms with Crippen LogP contribution in [0.5, 0.6) is 0 Å². The van der Waals surface area contributed by atoms with Crippen LogP contribution in [0.2, 0.25) is 10.0 Å². The molecular weight excluding hydrogens is 407 g/mol. The zero-order valence-electron chi connectivity index (χ0n) is 15.3. The molecule has 0 bridgehead atoms. The molecule has 0 spiro atoms. The predicted octanol–water partition coefficient (Wildman–Crippen LogP) is 4.64. The monoisotopic (exact) mass is 428 g/mol. The summed E-state index contributed by atoms with van der Waals surface area (Å²) in [6.07, 6.45) is 0.726. The summed E-state index contributed by atoms with van der Waals surface area (Å²) in [6, 6.07) is 11.3. The molecule has 0 saturated carbocycles. The fourth-order valence-electron chi connectivity index (χ4n) is 2.40. The molecule has 2 aromatic rings. The number of nitrogens with one attached hydrogen (secondary N) is 2. The standard InChI is InChI=1S/C19H22Cl2N2O3S/c1-19(2,3)23-27(25,26)17-7-4-13(5-8-17)6-9-18(24)22-16-11-14(20)10-15(21)12-16/h4-5,7-8,10-12,23H,6,9H2,1-3H3,(H,22,24). The van der Waals surface area contributed by atoms with Crippen LogP contribution in [0.1, 0.15) is 32.8 Å². The first-order valence-corrected chi connectivity index (χ1v) is 10.6. The molecule has 0 aromatic heterocycles. The zero-order chi connectivity index (χ0) is 20.2. The number of carbonyl (C=O) groups is 1. The van der Waals surface area contributed by atoms with E-state index in [1.807, 2.05) is 0 Å². The predicted molar refractivity (Wildman–Crippen MR) is 110 cm³/mol. The van der Waals surface area contributed by atoms with Crippen LogP contribution < -0.4 is 10.0 Å². The number of sulfonamides is 1. The molecule has 0 unspecified atom stereocenters. The van der Waals surface area contributed by atoms with Gasteiger partial charge in [0.1, 0.15) is 0 Å². The first-order valence-electron chi connectivity index (χ1n) is 8.33. The molecule has 0 fully saturated rings. The summed E-state index contributed by atoms with van der Waals surface area (Å²) in [4.78, 5) is 12.3. The van der Waals surface area contributed by atoms with Crippen molar-refractivity contribution in [2.24, 2.45) is 0 Å². The minimum atomic E-state index is -3.57. The molecule has 2 aromatic carbocycles. The van der Waals surface area contributed by atoms with Crippen LogP contribution in [-0.4, -0.2) is 19.9 Å². The number of hydrogen-bond acceptors (Lipinski definition) is 3. The number of carbonyl (C=O) groups excluding carboxylic acids is 1. The molecule has 8 heteroatoms. The average Bonchev–Trinajstić information content (AvgIpc) is 2.50. The van der Waals surface area contributed by atoms with E-state index in [2.05, 4.69) is 10.0 Å². The third-order valence-electron chi connectivity index (χ3n) is 3.46. The molecular formula is C19H22Cl2N2O3S. The quantitative estimate of drug-likeness (QED) is 0.703. The van der Waals surface area contributed by atoms with Crippen LogP contribution in [0.3, 0.4) is 0 Å². The number of halogens is 2. The lowest BCUT2D eigenvalue weighted by molar-refractivity contribution is -0.116. The molecule has 2 rings (SSSR count). The van der Waals surface area contributed by atoms with Crippen LogP contribution in [-0.2, 0) is 21.2 Å². The van der Waals surface area contributed by atoms with Gasteiger partial charge >= 0.3 is 0 Å². The Morgan fingerprint density at radius 1 is 1.00 bits per heavy atom. The van der Waals surface area contributed by atoms with E-state index in [0.29, 0.717) is 22.2 Å². The lowest BCUT2D eigenvalue weighted by atomic mass is 10.1. The van der Waals surface area contributed by atoms with Gasteiger partial charge in [0.05, 0.1) is 4.90 Å². The molecule has 0 atom stereocenters. The van der Waals surface area contributed by atoms with Crippen molar-refractivity contribution < 1.29 is 13.2 Å². The van der Waals surface area contributed by atoms with Crippen molar-refractivity contribution in [2.45, 2.75) is 44.0 Å². The smallest absolute Gasteiger partial charge is 0.241 e. The second kappa shape index (κ2) is 8.61. The second-order valence-electron chi connectivity index (χ2n) is 7.21. The van der Waals surface area contributed by atoms with Crippen molar-refractivity contribution >= 4 is 44.8 Å². The Labute approximate surface area is 170 Å². The van der Waals surface area contributed by atoms with Crippen LogP contribution >= 0.6 is 23.2 Å². The van der Waals surface area contributed by atoms with Gasteiger partial charge in [0, 0.05) is 27.7 Å². The Morgan fingerprint density at radius 3 is 2.07 bits per heavy atom. The largest absolute Gasteiger partial charge is 0.326 e. The highest BCUT2D eigenvalue weighted by atomic mass is 35.5. The molecule has 0 aliphatic carbocycles. The second-order valence-corrected chi connectivity index (χ2v) is 9.76. The zero-order valence-corrected chi connectivity index (χ0v) is 17.7. The number of benzene rings is 2. The number of amides is 1. The van der Waals surface area contributed by atoms with Gasteiger partial charge in [-0.15, -0.1) is 0 Å². The van der Waals surface area contributed by atoms with Crippen molar-refractivity contribution in [3.8, 4) is 0 Å². The highest BCUT2D eigenvalue weighted by Gasteiger charge is 2.21. The SMILES string of the molecule is CC(C)(C)NS(=O)(=O)c1ccc(CCC(=O)Nc2cc(Cl)cc(Cl)c2)cc1. The Morgan fingerprint density at radius 2 is 1.56 bits per heavy atom. The summed E-state index contributed by atoms with van der Waals surface area (Å²) in [5.74, 6) is -0.181. The first kappa shape index (κ1) is 21.7. The number of rotatable bonds is 6. The molecule has 5 nitrogen and oxygen atoms in total. The molecule has 146 valence electrons. The number of anilines is 1. The van der Waals surface area contributed by atoms with Crippen LogP contribution in [0.25, 0.3) is 0 Å². The van der Waals surface area contributed by atoms with Crippen molar-refractivity contribution in [1.29, 1.82) is 0 Å². The molecule has 2 N–H and O–H groups in total. The molecule has 1 amide bonds. The Kier molecular flexibility index (Phi) is 6.92. The van der Waals surface area contributed by atoms with Gasteiger partial charge in [0.25, 0.3) is 0 Å². The van der Waals surface area contributed by atoms with Gasteiger partial charge in [-0.1, -0.05) is 35.3 Å². The maximum atomic E-state index is 12.3. The maximum Gasteiger partial charge on any atom is 0.241 e. The fraction of sp³-hybridized carbons (Fsp3) is 0.316. The molecule has 27 heavy (non-hydrogen) atoms. The van der Waals surface area contributed by atoms with Gasteiger partial charge in [-0.2, -0.15) is 0 Å². The van der Waals surface area contributed by atoms with E-state index in [9.17, 15) is 13.2 Å². The third kappa shape index (κ3) is 7.14. The normalized spacial score (nSPS) is 12.0. The van der Waals surface area contributed by atoms with Crippen molar-refractivity contribution in [2.75, 3.05) is 5.32 Å². The third-order valence-corrected chi connectivity index (χ3v) is 5.67. The Bertz CT molecular complexity index is 901. The topological polar surface area (TPSA) is 75.3 Å². The number of aryl methyl sites for hydroxylation is 1. The first-order chi connectivity index (χ1) is 12.4. The highest BCUT2D eigenvalue weighted by Crippen LogP contribution is 2.22. The summed E-state index contributed by atoms with van der Waals surface area (Å²) in [5, 5.41) is 3.63. The van der Waals surface area contributed by atoms with E-state index >= 15 is 0 Å². The van der Waals surface area contributed by atoms with Gasteiger partial charge in [0.2, 0.25) is 15.9 Å². The maximum absolute atomic E-state index is 12.3. The highest BCUT2D eigenvalue weighted by molar-refractivity contribution is 7.89. The lowest BCUT2D eigenvalue weighted by Gasteiger charge is -2.20. The molecule has 0 aliphatic rings. The van der Waals surface area contributed by atoms with Crippen LogP contribution in [0.4, 0.5) is 5.69 Å². The summed E-state index contributed by atoms with van der Waals surface area (Å²) >= 11 is 11.8. The minimum Gasteiger partial charge on any atom is -0.326 e. The number of hydrogen-bond donors (Lipinski definition) is 2. The van der Waals surface area contributed by atoms with E-state index in [-0.39, 0.29) is 17.2 Å². The van der Waals surface area contributed by atoms with E-state index in [4.69, 9.17) is 23.2 Å². The Hall–Kier alpha value is -1.60. The van der Waals surface area contributed by atoms with Crippen LogP contribution in [0, 0.1) is 0 Å². The van der Waals surface area contributed by atoms with Crippen molar-refractivity contribution in [1.82, 2.24) is 4.72 Å². The van der Waals surface area contributed by atoms with Gasteiger partial charge in [0.15, 0.2) is 0 Å². The fourth-order valence-corrected chi connectivity index (χ4v) is 4.35. The minimum absolute atomic E-state index is 0.181. The summed E-state index contributed by atoms with van der Waals surface area (Å²) in [5.41, 5.74) is 0.843. The van der Waals surface area contributed by atoms with Crippen LogP contribution in [0.15, 0.2) is 47.4 Å². The molecule has 0 aliphatic heterocycles. The summed E-state index contributed by atoms with van der Waals surface area (Å²) < 4.78 is 27.2. The lowest BCUT2D eigenvalue weighted by Crippen LogP contribution is -2.40. The Balaban J connectivity index is 1.95. The van der Waals surface area contributed by atoms with E-state index in [0.717, 1.165) is 5.56 Å². The molecule has 0 heterocycles. The van der Waals surface area contributed by atoms with Gasteiger partial charge in [-0.05, 0) is 63.1 Å². The van der Waals surface area contributed by atoms with Gasteiger partial charge < -0.3 is 5.32 Å². The molecule has 0 radical (unpaired) electrons. The summed E-state index contributed by atoms with van der Waals surface area (Å²) in [7, 11) is -3.57. The van der Waals surface area contributed by atoms with Gasteiger partial charge in [-0.25, -0.2) is 13.1 Å². The van der Waals surface area contributed by atoms with Crippen molar-refractivity contribution in [3.63, 3.8) is 0 Å². The van der Waals surface area contributed by atoms with E-state index in [1.165, 1.54) is 12.1 Å².